The zero-order valence-electron chi connectivity index (χ0n) is 8.76. The van der Waals surface area contributed by atoms with Gasteiger partial charge >= 0.3 is 0 Å². The van der Waals surface area contributed by atoms with Crippen LogP contribution in [-0.2, 0) is 0 Å². The summed E-state index contributed by atoms with van der Waals surface area (Å²) in [6.45, 7) is 0. The van der Waals surface area contributed by atoms with E-state index in [2.05, 4.69) is 20.3 Å². The predicted molar refractivity (Wildman–Crippen MR) is 65.9 cm³/mol. The predicted octanol–water partition coefficient (Wildman–Crippen LogP) is 2.14. The highest BCUT2D eigenvalue weighted by atomic mass is 35.5. The maximum absolute atomic E-state index is 11.8. The van der Waals surface area contributed by atoms with E-state index in [-0.39, 0.29) is 27.3 Å². The maximum Gasteiger partial charge on any atom is 0.260 e. The molecule has 2 rings (SSSR count). The van der Waals surface area contributed by atoms with Gasteiger partial charge in [0.05, 0.1) is 11.8 Å². The van der Waals surface area contributed by atoms with Crippen LogP contribution >= 0.6 is 23.2 Å². The summed E-state index contributed by atoms with van der Waals surface area (Å²) in [5, 5.41) is 11.9. The fraction of sp³-hybridized carbons (Fsp3) is 0. The molecule has 0 fully saturated rings. The second-order valence-electron chi connectivity index (χ2n) is 3.17. The lowest BCUT2D eigenvalue weighted by Crippen LogP contribution is -2.13. The molecule has 0 unspecified atom stereocenters. The molecule has 2 heterocycles. The van der Waals surface area contributed by atoms with E-state index in [9.17, 15) is 9.90 Å². The quantitative estimate of drug-likeness (QED) is 0.825. The summed E-state index contributed by atoms with van der Waals surface area (Å²) in [6.07, 6.45) is 3.70. The first kappa shape index (κ1) is 12.5. The molecule has 0 saturated carbocycles. The Kier molecular flexibility index (Phi) is 3.59. The highest BCUT2D eigenvalue weighted by Crippen LogP contribution is 2.26. The molecule has 2 aromatic rings. The maximum atomic E-state index is 11.8. The van der Waals surface area contributed by atoms with Gasteiger partial charge in [-0.3, -0.25) is 9.78 Å². The van der Waals surface area contributed by atoms with Crippen LogP contribution < -0.4 is 5.32 Å². The Bertz CT molecular complexity index is 606. The third-order valence-electron chi connectivity index (χ3n) is 2.02. The van der Waals surface area contributed by atoms with Crippen molar-refractivity contribution in [2.24, 2.45) is 0 Å². The van der Waals surface area contributed by atoms with E-state index in [1.165, 1.54) is 12.3 Å². The van der Waals surface area contributed by atoms with Gasteiger partial charge in [0, 0.05) is 6.20 Å². The van der Waals surface area contributed by atoms with Crippen LogP contribution in [0.15, 0.2) is 24.8 Å². The molecule has 0 radical (unpaired) electrons. The molecule has 0 aromatic carbocycles. The van der Waals surface area contributed by atoms with E-state index in [1.54, 1.807) is 0 Å². The first-order valence-corrected chi connectivity index (χ1v) is 5.45. The number of anilines is 1. The lowest BCUT2D eigenvalue weighted by molar-refractivity contribution is 0.102. The number of hydrogen-bond acceptors (Lipinski definition) is 5. The number of aromatic hydroxyl groups is 1. The number of halogens is 2. The van der Waals surface area contributed by atoms with Crippen molar-refractivity contribution in [2.45, 2.75) is 0 Å². The van der Waals surface area contributed by atoms with Gasteiger partial charge in [0.25, 0.3) is 5.91 Å². The largest absolute Gasteiger partial charge is 0.505 e. The van der Waals surface area contributed by atoms with Gasteiger partial charge in [-0.15, -0.1) is 0 Å². The van der Waals surface area contributed by atoms with E-state index in [0.717, 1.165) is 12.5 Å². The molecule has 0 aliphatic heterocycles. The van der Waals surface area contributed by atoms with Crippen molar-refractivity contribution in [3.8, 4) is 5.75 Å². The number of carbonyl (C=O) groups excluding carboxylic acids is 1. The monoisotopic (exact) mass is 284 g/mol. The van der Waals surface area contributed by atoms with Crippen molar-refractivity contribution in [1.82, 2.24) is 15.0 Å². The summed E-state index contributed by atoms with van der Waals surface area (Å²) < 4.78 is 0. The molecule has 92 valence electrons. The highest BCUT2D eigenvalue weighted by Gasteiger charge is 2.14. The van der Waals surface area contributed by atoms with Crippen LogP contribution in [0.4, 0.5) is 5.82 Å². The summed E-state index contributed by atoms with van der Waals surface area (Å²) in [5.74, 6) is -0.754. The number of aromatic nitrogens is 3. The molecule has 0 aliphatic carbocycles. The van der Waals surface area contributed by atoms with Crippen LogP contribution in [0.3, 0.4) is 0 Å². The minimum Gasteiger partial charge on any atom is -0.505 e. The average molecular weight is 285 g/mol. The molecule has 18 heavy (non-hydrogen) atoms. The molecule has 8 heteroatoms. The summed E-state index contributed by atoms with van der Waals surface area (Å²) in [7, 11) is 0. The first-order valence-electron chi connectivity index (χ1n) is 4.70. The van der Waals surface area contributed by atoms with Gasteiger partial charge in [0.15, 0.2) is 11.0 Å². The second kappa shape index (κ2) is 5.16. The highest BCUT2D eigenvalue weighted by molar-refractivity contribution is 6.43. The van der Waals surface area contributed by atoms with E-state index in [4.69, 9.17) is 23.2 Å². The number of rotatable bonds is 2. The minimum atomic E-state index is -0.577. The number of nitrogens with one attached hydrogen (secondary N) is 1. The van der Waals surface area contributed by atoms with Crippen LogP contribution in [0, 0.1) is 0 Å². The molecule has 0 atom stereocenters. The molecule has 2 aromatic heterocycles. The van der Waals surface area contributed by atoms with Crippen molar-refractivity contribution in [3.05, 3.63) is 40.5 Å². The normalized spacial score (nSPS) is 10.1. The van der Waals surface area contributed by atoms with E-state index in [0.29, 0.717) is 0 Å². The standard InChI is InChI=1S/C10H6Cl2N4O2/c11-7-8(12)14-4-15-9(7)16-10(18)5-1-2-13-3-6(5)17/h1-4,17H,(H,14,15,16,18). The van der Waals surface area contributed by atoms with Gasteiger partial charge in [-0.25, -0.2) is 9.97 Å². The van der Waals surface area contributed by atoms with Gasteiger partial charge < -0.3 is 10.4 Å². The van der Waals surface area contributed by atoms with E-state index >= 15 is 0 Å². The smallest absolute Gasteiger partial charge is 0.260 e. The van der Waals surface area contributed by atoms with Crippen LogP contribution in [-0.4, -0.2) is 26.0 Å². The molecule has 6 nitrogen and oxygen atoms in total. The average Bonchev–Trinajstić information content (AvgIpc) is 2.35. The van der Waals surface area contributed by atoms with Crippen molar-refractivity contribution in [2.75, 3.05) is 5.32 Å². The molecule has 0 saturated heterocycles. The van der Waals surface area contributed by atoms with Gasteiger partial charge in [0.2, 0.25) is 0 Å². The summed E-state index contributed by atoms with van der Waals surface area (Å²) in [6, 6.07) is 1.36. The Balaban J connectivity index is 2.27. The molecular formula is C10H6Cl2N4O2. The Morgan fingerprint density at radius 2 is 2.11 bits per heavy atom. The van der Waals surface area contributed by atoms with Crippen LogP contribution in [0.25, 0.3) is 0 Å². The lowest BCUT2D eigenvalue weighted by Gasteiger charge is -2.07. The van der Waals surface area contributed by atoms with Gasteiger partial charge in [-0.05, 0) is 6.07 Å². The number of nitrogens with zero attached hydrogens (tertiary/aromatic N) is 3. The van der Waals surface area contributed by atoms with Crippen molar-refractivity contribution in [3.63, 3.8) is 0 Å². The number of hydrogen-bond donors (Lipinski definition) is 2. The second-order valence-corrected chi connectivity index (χ2v) is 3.91. The molecular weight excluding hydrogens is 279 g/mol. The van der Waals surface area contributed by atoms with Gasteiger partial charge in [0.1, 0.15) is 17.1 Å². The van der Waals surface area contributed by atoms with Crippen molar-refractivity contribution in [1.29, 1.82) is 0 Å². The van der Waals surface area contributed by atoms with Crippen LogP contribution in [0.2, 0.25) is 10.2 Å². The summed E-state index contributed by atoms with van der Waals surface area (Å²) >= 11 is 11.5. The molecule has 2 N–H and O–H groups in total. The Morgan fingerprint density at radius 3 is 2.83 bits per heavy atom. The Labute approximate surface area is 112 Å². The van der Waals surface area contributed by atoms with Crippen molar-refractivity contribution < 1.29 is 9.90 Å². The fourth-order valence-corrected chi connectivity index (χ4v) is 1.47. The summed E-state index contributed by atoms with van der Waals surface area (Å²) in [4.78, 5) is 22.9. The minimum absolute atomic E-state index is 0.0286. The van der Waals surface area contributed by atoms with Crippen LogP contribution in [0.1, 0.15) is 10.4 Å². The first-order chi connectivity index (χ1) is 8.59. The number of carbonyl (C=O) groups is 1. The number of pyridine rings is 1. The summed E-state index contributed by atoms with van der Waals surface area (Å²) in [5.41, 5.74) is 0.0517. The number of amides is 1. The third kappa shape index (κ3) is 2.49. The van der Waals surface area contributed by atoms with Crippen LogP contribution in [0.5, 0.6) is 5.75 Å². The molecule has 0 bridgehead atoms. The van der Waals surface area contributed by atoms with Gasteiger partial charge in [-0.2, -0.15) is 0 Å². The van der Waals surface area contributed by atoms with Gasteiger partial charge in [-0.1, -0.05) is 23.2 Å². The van der Waals surface area contributed by atoms with E-state index in [1.807, 2.05) is 0 Å². The zero-order valence-corrected chi connectivity index (χ0v) is 10.3. The van der Waals surface area contributed by atoms with Crippen molar-refractivity contribution >= 4 is 34.9 Å². The SMILES string of the molecule is O=C(Nc1ncnc(Cl)c1Cl)c1ccncc1O. The molecule has 0 aliphatic rings. The van der Waals surface area contributed by atoms with E-state index < -0.39 is 5.91 Å². The third-order valence-corrected chi connectivity index (χ3v) is 2.76. The molecule has 0 spiro atoms. The fourth-order valence-electron chi connectivity index (χ4n) is 1.19. The zero-order chi connectivity index (χ0) is 13.1. The lowest BCUT2D eigenvalue weighted by atomic mass is 10.2. The topological polar surface area (TPSA) is 88.0 Å². The Hall–Kier alpha value is -1.92. The molecule has 1 amide bonds. The Morgan fingerprint density at radius 1 is 1.33 bits per heavy atom.